The van der Waals surface area contributed by atoms with Crippen molar-refractivity contribution in [3.63, 3.8) is 0 Å². The topological polar surface area (TPSA) is 87.3 Å². The second-order valence-electron chi connectivity index (χ2n) is 4.30. The molecule has 2 rings (SSSR count). The summed E-state index contributed by atoms with van der Waals surface area (Å²) in [5, 5.41) is 11.0. The first-order chi connectivity index (χ1) is 9.92. The van der Waals surface area contributed by atoms with E-state index in [2.05, 4.69) is 4.98 Å². The molecule has 0 fully saturated rings. The highest BCUT2D eigenvalue weighted by atomic mass is 35.5. The molecule has 0 aliphatic carbocycles. The first-order valence-corrected chi connectivity index (χ1v) is 6.35. The van der Waals surface area contributed by atoms with Gasteiger partial charge in [-0.3, -0.25) is 19.5 Å². The van der Waals surface area contributed by atoms with Crippen LogP contribution < -0.4 is 10.3 Å². The maximum absolute atomic E-state index is 11.9. The number of nitro groups is 1. The molecule has 1 aromatic carbocycles. The lowest BCUT2D eigenvalue weighted by Crippen LogP contribution is -2.23. The van der Waals surface area contributed by atoms with Gasteiger partial charge in [0.25, 0.3) is 11.2 Å². The highest BCUT2D eigenvalue weighted by molar-refractivity contribution is 6.29. The summed E-state index contributed by atoms with van der Waals surface area (Å²) in [6.45, 7) is 1.75. The SMILES string of the molecule is COc1ccc([N+](=O)[O-])cc1Cn1c(C)nc(Cl)cc1=O. The van der Waals surface area contributed by atoms with Crippen LogP contribution in [0, 0.1) is 17.0 Å². The number of benzene rings is 1. The average molecular weight is 310 g/mol. The van der Waals surface area contributed by atoms with Crippen LogP contribution in [0.4, 0.5) is 5.69 Å². The molecule has 110 valence electrons. The van der Waals surface area contributed by atoms with Crippen molar-refractivity contribution in [1.82, 2.24) is 9.55 Å². The van der Waals surface area contributed by atoms with Gasteiger partial charge in [0.15, 0.2) is 0 Å². The quantitative estimate of drug-likeness (QED) is 0.490. The van der Waals surface area contributed by atoms with Gasteiger partial charge in [0.2, 0.25) is 0 Å². The van der Waals surface area contributed by atoms with Gasteiger partial charge in [-0.15, -0.1) is 0 Å². The van der Waals surface area contributed by atoms with Crippen molar-refractivity contribution >= 4 is 17.3 Å². The molecule has 8 heteroatoms. The third-order valence-electron chi connectivity index (χ3n) is 2.97. The molecular formula is C13H12ClN3O4. The van der Waals surface area contributed by atoms with Gasteiger partial charge in [0.05, 0.1) is 18.6 Å². The monoisotopic (exact) mass is 309 g/mol. The lowest BCUT2D eigenvalue weighted by Gasteiger charge is -2.12. The van der Waals surface area contributed by atoms with Crippen molar-refractivity contribution in [2.24, 2.45) is 0 Å². The normalized spacial score (nSPS) is 10.4. The lowest BCUT2D eigenvalue weighted by atomic mass is 10.1. The zero-order chi connectivity index (χ0) is 15.6. The smallest absolute Gasteiger partial charge is 0.270 e. The van der Waals surface area contributed by atoms with E-state index in [1.54, 1.807) is 6.92 Å². The minimum Gasteiger partial charge on any atom is -0.496 e. The summed E-state index contributed by atoms with van der Waals surface area (Å²) in [7, 11) is 1.46. The summed E-state index contributed by atoms with van der Waals surface area (Å²) < 4.78 is 6.54. The molecule has 21 heavy (non-hydrogen) atoms. The molecule has 0 atom stereocenters. The molecule has 0 amide bonds. The zero-order valence-electron chi connectivity index (χ0n) is 11.4. The van der Waals surface area contributed by atoms with E-state index in [-0.39, 0.29) is 22.9 Å². The Balaban J connectivity index is 2.50. The second kappa shape index (κ2) is 5.92. The van der Waals surface area contributed by atoms with Crippen LogP contribution in [-0.2, 0) is 6.54 Å². The van der Waals surface area contributed by atoms with Gasteiger partial charge in [0.1, 0.15) is 16.7 Å². The van der Waals surface area contributed by atoms with Crippen LogP contribution in [0.5, 0.6) is 5.75 Å². The number of methoxy groups -OCH3 is 1. The summed E-state index contributed by atoms with van der Waals surface area (Å²) in [5.41, 5.74) is 0.112. The van der Waals surface area contributed by atoms with E-state index < -0.39 is 4.92 Å². The number of nitro benzene ring substituents is 1. The zero-order valence-corrected chi connectivity index (χ0v) is 12.1. The first-order valence-electron chi connectivity index (χ1n) is 5.97. The fourth-order valence-electron chi connectivity index (χ4n) is 1.95. The number of nitrogens with zero attached hydrogens (tertiary/aromatic N) is 3. The summed E-state index contributed by atoms with van der Waals surface area (Å²) in [4.78, 5) is 26.3. The summed E-state index contributed by atoms with van der Waals surface area (Å²) in [5.74, 6) is 0.878. The van der Waals surface area contributed by atoms with E-state index >= 15 is 0 Å². The Bertz CT molecular complexity index is 758. The van der Waals surface area contributed by atoms with Gasteiger partial charge >= 0.3 is 0 Å². The van der Waals surface area contributed by atoms with E-state index in [4.69, 9.17) is 16.3 Å². The summed E-state index contributed by atoms with van der Waals surface area (Å²) in [6.07, 6.45) is 0. The molecule has 0 N–H and O–H groups in total. The number of rotatable bonds is 4. The van der Waals surface area contributed by atoms with E-state index in [1.165, 1.54) is 35.9 Å². The highest BCUT2D eigenvalue weighted by Gasteiger charge is 2.13. The molecular weight excluding hydrogens is 298 g/mol. The minimum absolute atomic E-state index is 0.0709. The van der Waals surface area contributed by atoms with Crippen molar-refractivity contribution in [2.75, 3.05) is 7.11 Å². The third kappa shape index (κ3) is 3.19. The van der Waals surface area contributed by atoms with E-state index in [1.807, 2.05) is 0 Å². The highest BCUT2D eigenvalue weighted by Crippen LogP contribution is 2.24. The van der Waals surface area contributed by atoms with E-state index in [0.29, 0.717) is 17.1 Å². The molecule has 0 saturated heterocycles. The molecule has 0 radical (unpaired) electrons. The van der Waals surface area contributed by atoms with Crippen molar-refractivity contribution in [3.8, 4) is 5.75 Å². The average Bonchev–Trinajstić information content (AvgIpc) is 2.42. The van der Waals surface area contributed by atoms with Crippen LogP contribution in [0.15, 0.2) is 29.1 Å². The number of halogens is 1. The van der Waals surface area contributed by atoms with Crippen molar-refractivity contribution in [3.05, 3.63) is 61.3 Å². The van der Waals surface area contributed by atoms with Crippen LogP contribution in [0.3, 0.4) is 0 Å². The number of aryl methyl sites for hydroxylation is 1. The minimum atomic E-state index is -0.501. The molecule has 0 saturated carbocycles. The van der Waals surface area contributed by atoms with Crippen LogP contribution in [0.2, 0.25) is 5.15 Å². The molecule has 0 aliphatic rings. The Morgan fingerprint density at radius 2 is 2.14 bits per heavy atom. The van der Waals surface area contributed by atoms with E-state index in [0.717, 1.165) is 0 Å². The number of hydrogen-bond acceptors (Lipinski definition) is 5. The standard InChI is InChI=1S/C13H12ClN3O4/c1-8-15-12(14)6-13(18)16(8)7-9-5-10(17(19)20)3-4-11(9)21-2/h3-6H,7H2,1-2H3. The summed E-state index contributed by atoms with van der Waals surface area (Å²) in [6, 6.07) is 5.41. The fraction of sp³-hybridized carbons (Fsp3) is 0.231. The second-order valence-corrected chi connectivity index (χ2v) is 4.69. The van der Waals surface area contributed by atoms with Crippen LogP contribution in [-0.4, -0.2) is 21.6 Å². The van der Waals surface area contributed by atoms with Gasteiger partial charge in [-0.1, -0.05) is 11.6 Å². The molecule has 7 nitrogen and oxygen atoms in total. The Labute approximate surface area is 124 Å². The Kier molecular flexibility index (Phi) is 4.23. The molecule has 1 aromatic heterocycles. The lowest BCUT2D eigenvalue weighted by molar-refractivity contribution is -0.384. The fourth-order valence-corrected chi connectivity index (χ4v) is 2.17. The molecule has 0 unspecified atom stereocenters. The van der Waals surface area contributed by atoms with Crippen molar-refractivity contribution in [2.45, 2.75) is 13.5 Å². The number of non-ortho nitro benzene ring substituents is 1. The number of hydrogen-bond donors (Lipinski definition) is 0. The first kappa shape index (κ1) is 15.0. The Morgan fingerprint density at radius 3 is 2.71 bits per heavy atom. The van der Waals surface area contributed by atoms with Gasteiger partial charge in [0, 0.05) is 23.8 Å². The molecule has 0 aliphatic heterocycles. The van der Waals surface area contributed by atoms with Gasteiger partial charge in [-0.2, -0.15) is 0 Å². The molecule has 1 heterocycles. The predicted molar refractivity (Wildman–Crippen MR) is 77.0 cm³/mol. The third-order valence-corrected chi connectivity index (χ3v) is 3.16. The van der Waals surface area contributed by atoms with Gasteiger partial charge < -0.3 is 4.74 Å². The molecule has 0 spiro atoms. The number of aromatic nitrogens is 2. The largest absolute Gasteiger partial charge is 0.496 e. The van der Waals surface area contributed by atoms with Gasteiger partial charge in [-0.25, -0.2) is 4.98 Å². The maximum Gasteiger partial charge on any atom is 0.270 e. The van der Waals surface area contributed by atoms with Crippen molar-refractivity contribution < 1.29 is 9.66 Å². The molecule has 0 bridgehead atoms. The Morgan fingerprint density at radius 1 is 1.43 bits per heavy atom. The maximum atomic E-state index is 11.9. The van der Waals surface area contributed by atoms with Crippen LogP contribution >= 0.6 is 11.6 Å². The van der Waals surface area contributed by atoms with Crippen molar-refractivity contribution in [1.29, 1.82) is 0 Å². The van der Waals surface area contributed by atoms with Crippen LogP contribution in [0.1, 0.15) is 11.4 Å². The van der Waals surface area contributed by atoms with E-state index in [9.17, 15) is 14.9 Å². The molecule has 2 aromatic rings. The van der Waals surface area contributed by atoms with Crippen LogP contribution in [0.25, 0.3) is 0 Å². The number of ether oxygens (including phenoxy) is 1. The Hall–Kier alpha value is -2.41. The summed E-state index contributed by atoms with van der Waals surface area (Å²) >= 11 is 5.71. The predicted octanol–water partition coefficient (Wildman–Crippen LogP) is 2.17. The van der Waals surface area contributed by atoms with Gasteiger partial charge in [-0.05, 0) is 13.0 Å².